The topological polar surface area (TPSA) is 72.5 Å². The lowest BCUT2D eigenvalue weighted by molar-refractivity contribution is 0.0950. The van der Waals surface area contributed by atoms with Crippen molar-refractivity contribution in [2.75, 3.05) is 18.7 Å². The molecule has 0 saturated carbocycles. The minimum Gasteiger partial charge on any atom is -0.454 e. The van der Waals surface area contributed by atoms with E-state index in [9.17, 15) is 9.18 Å². The molecule has 1 aromatic heterocycles. The van der Waals surface area contributed by atoms with Crippen molar-refractivity contribution in [1.29, 1.82) is 0 Å². The van der Waals surface area contributed by atoms with Gasteiger partial charge in [-0.15, -0.1) is 0 Å². The predicted molar refractivity (Wildman–Crippen MR) is 107 cm³/mol. The maximum Gasteiger partial charge on any atom is 0.253 e. The second-order valence-electron chi connectivity index (χ2n) is 6.61. The number of amides is 1. The summed E-state index contributed by atoms with van der Waals surface area (Å²) in [6.07, 6.45) is 2.29. The summed E-state index contributed by atoms with van der Waals surface area (Å²) in [5.74, 6) is 1.64. The van der Waals surface area contributed by atoms with Crippen LogP contribution in [0.5, 0.6) is 11.5 Å². The monoisotopic (exact) mass is 393 g/mol. The van der Waals surface area contributed by atoms with Crippen molar-refractivity contribution in [1.82, 2.24) is 10.3 Å². The van der Waals surface area contributed by atoms with E-state index >= 15 is 0 Å². The van der Waals surface area contributed by atoms with Gasteiger partial charge < -0.3 is 20.1 Å². The van der Waals surface area contributed by atoms with Crippen molar-refractivity contribution in [3.63, 3.8) is 0 Å². The number of carbonyl (C=O) groups excluding carboxylic acids is 1. The van der Waals surface area contributed by atoms with E-state index in [1.165, 1.54) is 18.3 Å². The van der Waals surface area contributed by atoms with Crippen molar-refractivity contribution in [3.8, 4) is 11.5 Å². The summed E-state index contributed by atoms with van der Waals surface area (Å²) >= 11 is 0. The molecule has 2 aromatic carbocycles. The fourth-order valence-electron chi connectivity index (χ4n) is 2.95. The molecule has 0 bridgehead atoms. The summed E-state index contributed by atoms with van der Waals surface area (Å²) in [6, 6.07) is 15.5. The Hall–Kier alpha value is -3.61. The van der Waals surface area contributed by atoms with Crippen molar-refractivity contribution >= 4 is 11.7 Å². The third-order valence-corrected chi connectivity index (χ3v) is 4.55. The van der Waals surface area contributed by atoms with Gasteiger partial charge in [-0.3, -0.25) is 4.79 Å². The molecule has 0 fully saturated rings. The molecule has 2 N–H and O–H groups in total. The highest BCUT2D eigenvalue weighted by Crippen LogP contribution is 2.32. The minimum atomic E-state index is -0.240. The molecule has 4 rings (SSSR count). The molecule has 0 saturated heterocycles. The van der Waals surface area contributed by atoms with Crippen molar-refractivity contribution in [3.05, 3.63) is 83.3 Å². The van der Waals surface area contributed by atoms with E-state index in [0.29, 0.717) is 36.0 Å². The number of carbonyl (C=O) groups is 1. The third-order valence-electron chi connectivity index (χ3n) is 4.55. The second-order valence-corrected chi connectivity index (χ2v) is 6.61. The number of halogens is 1. The Balaban J connectivity index is 1.25. The molecule has 2 heterocycles. The first kappa shape index (κ1) is 18.7. The van der Waals surface area contributed by atoms with Gasteiger partial charge in [-0.25, -0.2) is 9.37 Å². The van der Waals surface area contributed by atoms with Crippen molar-refractivity contribution < 1.29 is 18.7 Å². The Morgan fingerprint density at radius 1 is 1.00 bits per heavy atom. The molecule has 6 nitrogen and oxygen atoms in total. The molecule has 0 spiro atoms. The highest BCUT2D eigenvalue weighted by atomic mass is 19.1. The Labute approximate surface area is 167 Å². The maximum atomic E-state index is 12.9. The highest BCUT2D eigenvalue weighted by molar-refractivity contribution is 5.94. The molecule has 1 aliphatic rings. The summed E-state index contributed by atoms with van der Waals surface area (Å²) in [5, 5.41) is 6.06. The highest BCUT2D eigenvalue weighted by Gasteiger charge is 2.13. The average molecular weight is 393 g/mol. The predicted octanol–water partition coefficient (Wildman–Crippen LogP) is 3.53. The van der Waals surface area contributed by atoms with Crippen LogP contribution >= 0.6 is 0 Å². The molecule has 7 heteroatoms. The lowest BCUT2D eigenvalue weighted by Crippen LogP contribution is -2.23. The number of nitrogens with one attached hydrogen (secondary N) is 2. The fraction of sp³-hybridized carbons (Fsp3) is 0.182. The smallest absolute Gasteiger partial charge is 0.253 e. The molecule has 0 aliphatic carbocycles. The molecule has 0 radical (unpaired) electrons. The van der Waals surface area contributed by atoms with Gasteiger partial charge in [0.05, 0.1) is 5.56 Å². The number of fused-ring (bicyclic) bond motifs is 1. The zero-order valence-corrected chi connectivity index (χ0v) is 15.7. The number of rotatable bonds is 7. The SMILES string of the molecule is O=C(NCc1ccc2c(c1)OCO2)c1ccc(NCCc2ccc(F)cc2)nc1. The summed E-state index contributed by atoms with van der Waals surface area (Å²) in [6.45, 7) is 1.27. The number of hydrogen-bond acceptors (Lipinski definition) is 5. The second kappa shape index (κ2) is 8.60. The van der Waals surface area contributed by atoms with Crippen LogP contribution in [0.1, 0.15) is 21.5 Å². The Bertz CT molecular complexity index is 991. The number of ether oxygens (including phenoxy) is 2. The first-order valence-electron chi connectivity index (χ1n) is 9.28. The molecule has 1 aliphatic heterocycles. The summed E-state index contributed by atoms with van der Waals surface area (Å²) < 4.78 is 23.5. The normalized spacial score (nSPS) is 11.9. The van der Waals surface area contributed by atoms with Crippen LogP contribution in [0.15, 0.2) is 60.8 Å². The molecule has 148 valence electrons. The van der Waals surface area contributed by atoms with E-state index in [-0.39, 0.29) is 18.5 Å². The van der Waals surface area contributed by atoms with Gasteiger partial charge in [-0.05, 0) is 53.9 Å². The Kier molecular flexibility index (Phi) is 5.56. The van der Waals surface area contributed by atoms with Crippen molar-refractivity contribution in [2.24, 2.45) is 0 Å². The third kappa shape index (κ3) is 4.82. The van der Waals surface area contributed by atoms with Crippen LogP contribution in [0, 0.1) is 5.82 Å². The van der Waals surface area contributed by atoms with E-state index in [4.69, 9.17) is 9.47 Å². The van der Waals surface area contributed by atoms with Crippen LogP contribution in [0.4, 0.5) is 10.2 Å². The number of nitrogens with zero attached hydrogens (tertiary/aromatic N) is 1. The zero-order chi connectivity index (χ0) is 20.1. The first-order chi connectivity index (χ1) is 14.2. The van der Waals surface area contributed by atoms with E-state index in [1.807, 2.05) is 18.2 Å². The number of aromatic nitrogens is 1. The first-order valence-corrected chi connectivity index (χ1v) is 9.28. The number of anilines is 1. The number of benzene rings is 2. The molecule has 0 unspecified atom stereocenters. The van der Waals surface area contributed by atoms with E-state index in [2.05, 4.69) is 15.6 Å². The zero-order valence-electron chi connectivity index (χ0n) is 15.7. The minimum absolute atomic E-state index is 0.201. The molecular formula is C22H20FN3O3. The van der Waals surface area contributed by atoms with Gasteiger partial charge in [0.25, 0.3) is 5.91 Å². The summed E-state index contributed by atoms with van der Waals surface area (Å²) in [4.78, 5) is 16.6. The van der Waals surface area contributed by atoms with Gasteiger partial charge in [0.2, 0.25) is 6.79 Å². The largest absolute Gasteiger partial charge is 0.454 e. The molecule has 29 heavy (non-hydrogen) atoms. The van der Waals surface area contributed by atoms with Gasteiger partial charge in [0.15, 0.2) is 11.5 Å². The van der Waals surface area contributed by atoms with Crippen LogP contribution in [-0.4, -0.2) is 24.2 Å². The average Bonchev–Trinajstić information content (AvgIpc) is 3.22. The van der Waals surface area contributed by atoms with E-state index < -0.39 is 0 Å². The number of pyridine rings is 1. The van der Waals surface area contributed by atoms with Gasteiger partial charge >= 0.3 is 0 Å². The van der Waals surface area contributed by atoms with E-state index in [0.717, 1.165) is 17.5 Å². The Morgan fingerprint density at radius 2 is 1.79 bits per heavy atom. The van der Waals surface area contributed by atoms with Crippen LogP contribution in [0.3, 0.4) is 0 Å². The maximum absolute atomic E-state index is 12.9. The van der Waals surface area contributed by atoms with Crippen LogP contribution in [-0.2, 0) is 13.0 Å². The van der Waals surface area contributed by atoms with Gasteiger partial charge in [0.1, 0.15) is 11.6 Å². The lowest BCUT2D eigenvalue weighted by Gasteiger charge is -2.08. The van der Waals surface area contributed by atoms with Gasteiger partial charge in [-0.1, -0.05) is 18.2 Å². The quantitative estimate of drug-likeness (QED) is 0.643. The Morgan fingerprint density at radius 3 is 2.59 bits per heavy atom. The fourth-order valence-corrected chi connectivity index (χ4v) is 2.95. The standard InChI is InChI=1S/C22H20FN3O3/c23-18-5-1-15(2-6-18)9-10-24-21-8-4-17(13-25-21)22(27)26-12-16-3-7-19-20(11-16)29-14-28-19/h1-8,11,13H,9-10,12,14H2,(H,24,25)(H,26,27). The van der Waals surface area contributed by atoms with Crippen LogP contribution < -0.4 is 20.1 Å². The molecule has 3 aromatic rings. The van der Waals surface area contributed by atoms with Gasteiger partial charge in [-0.2, -0.15) is 0 Å². The van der Waals surface area contributed by atoms with E-state index in [1.54, 1.807) is 24.3 Å². The van der Waals surface area contributed by atoms with Crippen LogP contribution in [0.25, 0.3) is 0 Å². The molecule has 1 amide bonds. The summed E-state index contributed by atoms with van der Waals surface area (Å²) in [7, 11) is 0. The molecular weight excluding hydrogens is 373 g/mol. The van der Waals surface area contributed by atoms with Crippen LogP contribution in [0.2, 0.25) is 0 Å². The lowest BCUT2D eigenvalue weighted by atomic mass is 10.1. The van der Waals surface area contributed by atoms with Gasteiger partial charge in [0, 0.05) is 19.3 Å². The van der Waals surface area contributed by atoms with Crippen molar-refractivity contribution in [2.45, 2.75) is 13.0 Å². The molecule has 0 atom stereocenters. The summed E-state index contributed by atoms with van der Waals surface area (Å²) in [5.41, 5.74) is 2.45. The number of hydrogen-bond donors (Lipinski definition) is 2.